The summed E-state index contributed by atoms with van der Waals surface area (Å²) in [6.07, 6.45) is 4.63. The smallest absolute Gasteiger partial charge is 0.243 e. The molecule has 0 aliphatic heterocycles. The quantitative estimate of drug-likeness (QED) is 0.303. The van der Waals surface area contributed by atoms with Crippen molar-refractivity contribution in [3.05, 3.63) is 29.8 Å². The zero-order valence-electron chi connectivity index (χ0n) is 14.6. The summed E-state index contributed by atoms with van der Waals surface area (Å²) in [6.45, 7) is -0.0721. The molecule has 1 amide bonds. The van der Waals surface area contributed by atoms with E-state index in [-0.39, 0.29) is 25.3 Å². The van der Waals surface area contributed by atoms with Gasteiger partial charge >= 0.3 is 0 Å². The van der Waals surface area contributed by atoms with Crippen molar-refractivity contribution >= 4 is 33.3 Å². The van der Waals surface area contributed by atoms with E-state index in [1.54, 1.807) is 0 Å². The molecule has 11 heteroatoms. The zero-order valence-corrected chi connectivity index (χ0v) is 16.2. The highest BCUT2D eigenvalue weighted by atomic mass is 32.2. The Kier molecular flexibility index (Phi) is 7.87. The number of nitrogens with one attached hydrogen (secondary N) is 4. The van der Waals surface area contributed by atoms with Crippen LogP contribution in [0.15, 0.2) is 23.1 Å². The van der Waals surface area contributed by atoms with Crippen molar-refractivity contribution in [3.8, 4) is 0 Å². The first-order valence-electron chi connectivity index (χ1n) is 8.58. The van der Waals surface area contributed by atoms with Crippen LogP contribution in [0.1, 0.15) is 38.5 Å². The Morgan fingerprint density at radius 3 is 2.56 bits per heavy atom. The summed E-state index contributed by atoms with van der Waals surface area (Å²) < 4.78 is 52.5. The van der Waals surface area contributed by atoms with Crippen LogP contribution in [0.4, 0.5) is 8.78 Å². The van der Waals surface area contributed by atoms with E-state index >= 15 is 0 Å². The van der Waals surface area contributed by atoms with Crippen LogP contribution in [0, 0.1) is 11.6 Å². The van der Waals surface area contributed by atoms with E-state index in [1.165, 1.54) is 0 Å². The molecule has 0 saturated heterocycles. The molecular formula is C16H22F2N4O3S2. The number of hydrogen-bond acceptors (Lipinski definition) is 4. The summed E-state index contributed by atoms with van der Waals surface area (Å²) in [5, 5.41) is 3.44. The van der Waals surface area contributed by atoms with Crippen LogP contribution < -0.4 is 20.9 Å². The molecule has 7 nitrogen and oxygen atoms in total. The maximum Gasteiger partial charge on any atom is 0.243 e. The lowest BCUT2D eigenvalue weighted by atomic mass is 10.3. The predicted molar refractivity (Wildman–Crippen MR) is 100 cm³/mol. The van der Waals surface area contributed by atoms with Gasteiger partial charge in [0.15, 0.2) is 5.11 Å². The third kappa shape index (κ3) is 7.00. The normalized spacial score (nSPS) is 14.7. The van der Waals surface area contributed by atoms with Crippen LogP contribution >= 0.6 is 12.2 Å². The number of rotatable bonds is 7. The van der Waals surface area contributed by atoms with Gasteiger partial charge in [-0.3, -0.25) is 15.6 Å². The van der Waals surface area contributed by atoms with Crippen molar-refractivity contribution in [2.24, 2.45) is 0 Å². The molecule has 1 aliphatic carbocycles. The fourth-order valence-electron chi connectivity index (χ4n) is 2.71. The maximum absolute atomic E-state index is 13.6. The van der Waals surface area contributed by atoms with Gasteiger partial charge < -0.3 is 5.32 Å². The number of hydrogen-bond donors (Lipinski definition) is 4. The van der Waals surface area contributed by atoms with Crippen molar-refractivity contribution in [2.45, 2.75) is 49.5 Å². The van der Waals surface area contributed by atoms with Crippen LogP contribution in [-0.4, -0.2) is 32.0 Å². The molecule has 0 unspecified atom stereocenters. The Labute approximate surface area is 162 Å². The first-order valence-corrected chi connectivity index (χ1v) is 10.5. The summed E-state index contributed by atoms with van der Waals surface area (Å²) in [5.74, 6) is -2.40. The molecule has 1 aliphatic rings. The second kappa shape index (κ2) is 9.90. The van der Waals surface area contributed by atoms with Gasteiger partial charge in [0.25, 0.3) is 0 Å². The fraction of sp³-hybridized carbons (Fsp3) is 0.500. The predicted octanol–water partition coefficient (Wildman–Crippen LogP) is 1.46. The molecule has 2 rings (SSSR count). The van der Waals surface area contributed by atoms with Gasteiger partial charge in [-0.1, -0.05) is 12.8 Å². The molecule has 0 atom stereocenters. The molecule has 0 aromatic heterocycles. The lowest BCUT2D eigenvalue weighted by molar-refractivity contribution is -0.121. The number of carbonyl (C=O) groups is 1. The van der Waals surface area contributed by atoms with Gasteiger partial charge in [-0.2, -0.15) is 0 Å². The average Bonchev–Trinajstić information content (AvgIpc) is 3.09. The number of thiocarbonyl (C=S) groups is 1. The Morgan fingerprint density at radius 2 is 1.89 bits per heavy atom. The zero-order chi connectivity index (χ0) is 19.9. The first-order chi connectivity index (χ1) is 12.8. The molecule has 0 heterocycles. The van der Waals surface area contributed by atoms with E-state index < -0.39 is 26.6 Å². The van der Waals surface area contributed by atoms with Crippen molar-refractivity contribution < 1.29 is 22.0 Å². The highest BCUT2D eigenvalue weighted by Crippen LogP contribution is 2.17. The molecule has 150 valence electrons. The number of halogens is 2. The van der Waals surface area contributed by atoms with Crippen LogP contribution in [0.5, 0.6) is 0 Å². The van der Waals surface area contributed by atoms with Crippen molar-refractivity contribution in [2.75, 3.05) is 6.54 Å². The Morgan fingerprint density at radius 1 is 1.19 bits per heavy atom. The summed E-state index contributed by atoms with van der Waals surface area (Å²) in [5.41, 5.74) is 5.03. The monoisotopic (exact) mass is 420 g/mol. The lowest BCUT2D eigenvalue weighted by Crippen LogP contribution is -2.49. The Bertz CT molecular complexity index is 784. The van der Waals surface area contributed by atoms with E-state index in [2.05, 4.69) is 20.9 Å². The Hall–Kier alpha value is -1.85. The van der Waals surface area contributed by atoms with Crippen LogP contribution in [0.25, 0.3) is 0 Å². The maximum atomic E-state index is 13.6. The molecular weight excluding hydrogens is 398 g/mol. The van der Waals surface area contributed by atoms with Gasteiger partial charge in [0.05, 0.1) is 0 Å². The molecule has 4 N–H and O–H groups in total. The SMILES string of the molecule is O=C(CCCNS(=O)(=O)c1ccc(F)cc1F)NNC(=S)NC1CCCC1. The Balaban J connectivity index is 1.66. The molecule has 1 fully saturated rings. The molecule has 0 spiro atoms. The second-order valence-electron chi connectivity index (χ2n) is 6.20. The van der Waals surface area contributed by atoms with E-state index in [0.29, 0.717) is 17.2 Å². The van der Waals surface area contributed by atoms with Crippen molar-refractivity contribution in [1.29, 1.82) is 0 Å². The van der Waals surface area contributed by atoms with E-state index in [0.717, 1.165) is 37.8 Å². The van der Waals surface area contributed by atoms with Gasteiger partial charge in [-0.15, -0.1) is 0 Å². The lowest BCUT2D eigenvalue weighted by Gasteiger charge is -2.16. The average molecular weight is 421 g/mol. The number of carbonyl (C=O) groups excluding carboxylic acids is 1. The van der Waals surface area contributed by atoms with Gasteiger partial charge in [0, 0.05) is 25.1 Å². The largest absolute Gasteiger partial charge is 0.359 e. The van der Waals surface area contributed by atoms with Crippen molar-refractivity contribution in [1.82, 2.24) is 20.9 Å². The van der Waals surface area contributed by atoms with Crippen molar-refractivity contribution in [3.63, 3.8) is 0 Å². The van der Waals surface area contributed by atoms with Gasteiger partial charge in [0.2, 0.25) is 15.9 Å². The molecule has 0 radical (unpaired) electrons. The number of benzene rings is 1. The third-order valence-electron chi connectivity index (χ3n) is 4.06. The minimum atomic E-state index is -4.11. The van der Waals surface area contributed by atoms with Gasteiger partial charge in [-0.05, 0) is 43.6 Å². The first kappa shape index (κ1) is 21.5. The summed E-state index contributed by atoms with van der Waals surface area (Å²) in [6, 6.07) is 2.53. The minimum absolute atomic E-state index is 0.0352. The van der Waals surface area contributed by atoms with E-state index in [9.17, 15) is 22.0 Å². The van der Waals surface area contributed by atoms with Crippen LogP contribution in [0.3, 0.4) is 0 Å². The standard InChI is InChI=1S/C16H22F2N4O3S2/c17-11-7-8-14(13(18)10-11)27(24,25)19-9-3-6-15(23)21-22-16(26)20-12-4-1-2-5-12/h7-8,10,12,19H,1-6,9H2,(H,21,23)(H2,20,22,26). The molecule has 1 saturated carbocycles. The topological polar surface area (TPSA) is 99.3 Å². The molecule has 27 heavy (non-hydrogen) atoms. The number of amides is 1. The van der Waals surface area contributed by atoms with Crippen LogP contribution in [-0.2, 0) is 14.8 Å². The fourth-order valence-corrected chi connectivity index (χ4v) is 4.06. The molecule has 0 bridgehead atoms. The number of hydrazine groups is 1. The second-order valence-corrected chi connectivity index (χ2v) is 8.35. The van der Waals surface area contributed by atoms with E-state index in [4.69, 9.17) is 12.2 Å². The van der Waals surface area contributed by atoms with Gasteiger partial charge in [-0.25, -0.2) is 21.9 Å². The molecule has 1 aromatic rings. The summed E-state index contributed by atoms with van der Waals surface area (Å²) in [4.78, 5) is 11.1. The third-order valence-corrected chi connectivity index (χ3v) is 5.78. The minimum Gasteiger partial charge on any atom is -0.359 e. The summed E-state index contributed by atoms with van der Waals surface area (Å²) in [7, 11) is -4.11. The summed E-state index contributed by atoms with van der Waals surface area (Å²) >= 11 is 5.08. The number of sulfonamides is 1. The van der Waals surface area contributed by atoms with Crippen LogP contribution in [0.2, 0.25) is 0 Å². The highest BCUT2D eigenvalue weighted by molar-refractivity contribution is 7.89. The van der Waals surface area contributed by atoms with Gasteiger partial charge in [0.1, 0.15) is 16.5 Å². The highest BCUT2D eigenvalue weighted by Gasteiger charge is 2.19. The van der Waals surface area contributed by atoms with E-state index in [1.807, 2.05) is 0 Å². The molecule has 1 aromatic carbocycles.